The van der Waals surface area contributed by atoms with E-state index in [9.17, 15) is 9.59 Å². The van der Waals surface area contributed by atoms with Gasteiger partial charge in [-0.05, 0) is 107 Å². The average Bonchev–Trinajstić information content (AvgIpc) is 3.73. The fourth-order valence-electron chi connectivity index (χ4n) is 5.84. The molecule has 0 saturated heterocycles. The van der Waals surface area contributed by atoms with E-state index in [1.165, 1.54) is 68.9 Å². The number of nitrogens with one attached hydrogen (secondary N) is 1. The molecule has 3 fully saturated rings. The SMILES string of the molecule is CC(C)(C)OC(=O)c1ccc(NC(=O)C(OC2CCC3(CCCCC3)CC2)c2ccc(SC3CC3)cc2)nc1. The van der Waals surface area contributed by atoms with Crippen molar-refractivity contribution in [1.82, 2.24) is 4.98 Å². The van der Waals surface area contributed by atoms with Crippen molar-refractivity contribution in [1.29, 1.82) is 0 Å². The summed E-state index contributed by atoms with van der Waals surface area (Å²) in [5, 5.41) is 3.66. The number of ether oxygens (including phenoxy) is 2. The van der Waals surface area contributed by atoms with Crippen molar-refractivity contribution in [3.8, 4) is 0 Å². The molecule has 3 saturated carbocycles. The van der Waals surface area contributed by atoms with Gasteiger partial charge in [-0.3, -0.25) is 4.79 Å². The Morgan fingerprint density at radius 3 is 2.23 bits per heavy atom. The summed E-state index contributed by atoms with van der Waals surface area (Å²) in [5.41, 5.74) is 1.11. The molecule has 0 radical (unpaired) electrons. The predicted octanol–water partition coefficient (Wildman–Crippen LogP) is 7.88. The van der Waals surface area contributed by atoms with Crippen LogP contribution in [0.2, 0.25) is 0 Å². The Kier molecular flexibility index (Phi) is 8.67. The number of rotatable bonds is 8. The van der Waals surface area contributed by atoms with E-state index in [1.54, 1.807) is 12.1 Å². The first kappa shape index (κ1) is 28.2. The van der Waals surface area contributed by atoms with Gasteiger partial charge >= 0.3 is 5.97 Å². The zero-order valence-corrected chi connectivity index (χ0v) is 24.4. The Hall–Kier alpha value is -2.38. The van der Waals surface area contributed by atoms with E-state index in [2.05, 4.69) is 22.4 Å². The zero-order valence-electron chi connectivity index (χ0n) is 23.5. The van der Waals surface area contributed by atoms with Gasteiger partial charge in [-0.1, -0.05) is 31.4 Å². The lowest BCUT2D eigenvalue weighted by molar-refractivity contribution is -0.135. The van der Waals surface area contributed by atoms with Crippen LogP contribution in [0, 0.1) is 5.41 Å². The van der Waals surface area contributed by atoms with Crippen LogP contribution in [-0.2, 0) is 14.3 Å². The first-order chi connectivity index (χ1) is 18.7. The maximum absolute atomic E-state index is 13.6. The minimum Gasteiger partial charge on any atom is -0.456 e. The monoisotopic (exact) mass is 550 g/mol. The Morgan fingerprint density at radius 1 is 0.949 bits per heavy atom. The number of anilines is 1. The second kappa shape index (κ2) is 12.0. The van der Waals surface area contributed by atoms with E-state index in [0.29, 0.717) is 16.8 Å². The number of amides is 1. The van der Waals surface area contributed by atoms with Crippen molar-refractivity contribution in [3.05, 3.63) is 53.7 Å². The zero-order chi connectivity index (χ0) is 27.5. The maximum Gasteiger partial charge on any atom is 0.340 e. The first-order valence-electron chi connectivity index (χ1n) is 14.6. The van der Waals surface area contributed by atoms with E-state index in [-0.39, 0.29) is 12.0 Å². The van der Waals surface area contributed by atoms with Crippen LogP contribution in [0.25, 0.3) is 0 Å². The van der Waals surface area contributed by atoms with E-state index < -0.39 is 17.7 Å². The van der Waals surface area contributed by atoms with Gasteiger partial charge in [0.05, 0.1) is 11.7 Å². The Bertz CT molecular complexity index is 1120. The molecule has 1 spiro atoms. The topological polar surface area (TPSA) is 77.5 Å². The van der Waals surface area contributed by atoms with Crippen molar-refractivity contribution in [3.63, 3.8) is 0 Å². The standard InChI is InChI=1S/C32H42N2O4S/c1-31(2,3)38-30(36)23-9-14-27(33-21-23)34-29(35)28(22-7-10-25(11-8-22)39-26-12-13-26)37-24-15-19-32(20-16-24)17-5-4-6-18-32/h7-11,14,21,24,26,28H,4-6,12-13,15-20H2,1-3H3,(H,33,34,35). The molecular weight excluding hydrogens is 508 g/mol. The summed E-state index contributed by atoms with van der Waals surface area (Å²) in [5.74, 6) is -0.300. The maximum atomic E-state index is 13.6. The van der Waals surface area contributed by atoms with Gasteiger partial charge in [-0.25, -0.2) is 9.78 Å². The highest BCUT2D eigenvalue weighted by Gasteiger charge is 2.38. The van der Waals surface area contributed by atoms with Crippen LogP contribution < -0.4 is 5.32 Å². The van der Waals surface area contributed by atoms with Crippen molar-refractivity contribution in [2.75, 3.05) is 5.32 Å². The van der Waals surface area contributed by atoms with Crippen molar-refractivity contribution >= 4 is 29.5 Å². The smallest absolute Gasteiger partial charge is 0.340 e. The van der Waals surface area contributed by atoms with Crippen LogP contribution in [0.5, 0.6) is 0 Å². The summed E-state index contributed by atoms with van der Waals surface area (Å²) in [4.78, 5) is 31.5. The Balaban J connectivity index is 1.26. The van der Waals surface area contributed by atoms with Crippen molar-refractivity contribution < 1.29 is 19.1 Å². The van der Waals surface area contributed by atoms with Gasteiger partial charge in [0.15, 0.2) is 6.10 Å². The highest BCUT2D eigenvalue weighted by molar-refractivity contribution is 8.00. The fraction of sp³-hybridized carbons (Fsp3) is 0.594. The molecule has 1 aromatic heterocycles. The third-order valence-electron chi connectivity index (χ3n) is 8.13. The number of aromatic nitrogens is 1. The molecule has 5 rings (SSSR count). The normalized spacial score (nSPS) is 20.4. The summed E-state index contributed by atoms with van der Waals surface area (Å²) in [6, 6.07) is 11.5. The quantitative estimate of drug-likeness (QED) is 0.337. The summed E-state index contributed by atoms with van der Waals surface area (Å²) in [6.07, 6.45) is 14.5. The van der Waals surface area contributed by atoms with Gasteiger partial charge < -0.3 is 14.8 Å². The molecular formula is C32H42N2O4S. The summed E-state index contributed by atoms with van der Waals surface area (Å²) < 4.78 is 12.0. The average molecular weight is 551 g/mol. The minimum atomic E-state index is -0.720. The summed E-state index contributed by atoms with van der Waals surface area (Å²) in [7, 11) is 0. The van der Waals surface area contributed by atoms with Crippen LogP contribution >= 0.6 is 11.8 Å². The van der Waals surface area contributed by atoms with Gasteiger partial charge in [0.25, 0.3) is 5.91 Å². The largest absolute Gasteiger partial charge is 0.456 e. The molecule has 0 aliphatic heterocycles. The van der Waals surface area contributed by atoms with Crippen LogP contribution in [0.4, 0.5) is 5.82 Å². The lowest BCUT2D eigenvalue weighted by Crippen LogP contribution is -2.35. The number of hydrogen-bond acceptors (Lipinski definition) is 6. The highest BCUT2D eigenvalue weighted by atomic mass is 32.2. The number of pyridine rings is 1. The van der Waals surface area contributed by atoms with E-state index in [4.69, 9.17) is 9.47 Å². The van der Waals surface area contributed by atoms with Crippen molar-refractivity contribution in [2.24, 2.45) is 5.41 Å². The predicted molar refractivity (Wildman–Crippen MR) is 155 cm³/mol. The molecule has 1 aromatic carbocycles. The highest BCUT2D eigenvalue weighted by Crippen LogP contribution is 2.48. The molecule has 1 unspecified atom stereocenters. The molecule has 2 aromatic rings. The third-order valence-corrected chi connectivity index (χ3v) is 9.48. The minimum absolute atomic E-state index is 0.0660. The van der Waals surface area contributed by atoms with E-state index in [0.717, 1.165) is 23.7 Å². The van der Waals surface area contributed by atoms with Crippen LogP contribution in [0.3, 0.4) is 0 Å². The third kappa shape index (κ3) is 7.85. The lowest BCUT2D eigenvalue weighted by atomic mass is 9.65. The molecule has 6 nitrogen and oxygen atoms in total. The Morgan fingerprint density at radius 2 is 1.64 bits per heavy atom. The molecule has 1 atom stereocenters. The van der Waals surface area contributed by atoms with Crippen LogP contribution in [0.1, 0.15) is 113 Å². The lowest BCUT2D eigenvalue weighted by Gasteiger charge is -2.43. The molecule has 7 heteroatoms. The number of carbonyl (C=O) groups excluding carboxylic acids is 2. The number of benzene rings is 1. The summed E-state index contributed by atoms with van der Waals surface area (Å²) in [6.45, 7) is 5.47. The van der Waals surface area contributed by atoms with E-state index >= 15 is 0 Å². The molecule has 1 heterocycles. The summed E-state index contributed by atoms with van der Waals surface area (Å²) >= 11 is 1.91. The number of thioether (sulfide) groups is 1. The number of esters is 1. The number of nitrogens with zero attached hydrogens (tertiary/aromatic N) is 1. The second-order valence-corrected chi connectivity index (χ2v) is 14.0. The van der Waals surface area contributed by atoms with Gasteiger partial charge in [-0.2, -0.15) is 0 Å². The van der Waals surface area contributed by atoms with Gasteiger partial charge in [-0.15, -0.1) is 11.8 Å². The molecule has 3 aliphatic carbocycles. The molecule has 3 aliphatic rings. The number of carbonyl (C=O) groups is 2. The molecule has 210 valence electrons. The molecule has 0 bridgehead atoms. The van der Waals surface area contributed by atoms with Gasteiger partial charge in [0, 0.05) is 16.3 Å². The van der Waals surface area contributed by atoms with Gasteiger partial charge in [0.2, 0.25) is 0 Å². The molecule has 39 heavy (non-hydrogen) atoms. The van der Waals surface area contributed by atoms with Gasteiger partial charge in [0.1, 0.15) is 11.4 Å². The van der Waals surface area contributed by atoms with E-state index in [1.807, 2.05) is 44.7 Å². The van der Waals surface area contributed by atoms with Crippen LogP contribution in [0.15, 0.2) is 47.5 Å². The second-order valence-electron chi connectivity index (χ2n) is 12.6. The number of hydrogen-bond donors (Lipinski definition) is 1. The van der Waals surface area contributed by atoms with Crippen LogP contribution in [-0.4, -0.2) is 33.8 Å². The van der Waals surface area contributed by atoms with Crippen molar-refractivity contribution in [2.45, 2.75) is 119 Å². The first-order valence-corrected chi connectivity index (χ1v) is 15.5. The fourth-order valence-corrected chi connectivity index (χ4v) is 6.89. The molecule has 1 N–H and O–H groups in total. The molecule has 1 amide bonds. The Labute approximate surface area is 237 Å².